The second-order valence-corrected chi connectivity index (χ2v) is 11.4. The Morgan fingerprint density at radius 2 is 1.23 bits per heavy atom. The molecule has 1 unspecified atom stereocenters. The first-order chi connectivity index (χ1) is 13.6. The lowest BCUT2D eigenvalue weighted by atomic mass is 9.84. The molecule has 0 amide bonds. The Morgan fingerprint density at radius 3 is 1.70 bits per heavy atom. The Labute approximate surface area is 171 Å². The van der Waals surface area contributed by atoms with Gasteiger partial charge in [0.2, 0.25) is 20.0 Å². The largest absolute Gasteiger partial charge is 0.289 e. The normalized spacial score (nSPS) is 15.4. The van der Waals surface area contributed by atoms with Crippen LogP contribution in [0.15, 0.2) is 46.2 Å². The van der Waals surface area contributed by atoms with Crippen molar-refractivity contribution in [3.05, 3.63) is 58.7 Å². The van der Waals surface area contributed by atoms with Gasteiger partial charge in [-0.15, -0.1) is 0 Å². The number of carbonyl (C=O) groups excluding carboxylic acids is 2. The van der Waals surface area contributed by atoms with Crippen LogP contribution in [0.2, 0.25) is 0 Å². The molecule has 0 bridgehead atoms. The van der Waals surface area contributed by atoms with Crippen LogP contribution < -0.4 is 9.86 Å². The summed E-state index contributed by atoms with van der Waals surface area (Å²) in [4.78, 5) is 24.6. The molecular formula is C16H14N2O9S3. The minimum atomic E-state index is -4.72. The fourth-order valence-corrected chi connectivity index (χ4v) is 5.30. The Balaban J connectivity index is 2.12. The van der Waals surface area contributed by atoms with Gasteiger partial charge in [0.05, 0.1) is 9.79 Å². The second kappa shape index (κ2) is 7.04. The first kappa shape index (κ1) is 22.2. The zero-order valence-electron chi connectivity index (χ0n) is 15.1. The Morgan fingerprint density at radius 1 is 0.800 bits per heavy atom. The van der Waals surface area contributed by atoms with Crippen molar-refractivity contribution in [3.63, 3.8) is 0 Å². The van der Waals surface area contributed by atoms with Crippen molar-refractivity contribution in [2.24, 2.45) is 5.14 Å². The van der Waals surface area contributed by atoms with E-state index in [9.17, 15) is 34.8 Å². The summed E-state index contributed by atoms with van der Waals surface area (Å²) in [6.45, 7) is 0.894. The van der Waals surface area contributed by atoms with Crippen LogP contribution in [0.5, 0.6) is 0 Å². The van der Waals surface area contributed by atoms with Gasteiger partial charge in [-0.1, -0.05) is 0 Å². The number of nitrogens with one attached hydrogen (secondary N) is 1. The summed E-state index contributed by atoms with van der Waals surface area (Å²) in [7, 11) is -13.4. The maximum absolute atomic E-state index is 12.9. The third-order valence-corrected chi connectivity index (χ3v) is 7.98. The summed E-state index contributed by atoms with van der Waals surface area (Å²) in [5, 5.41) is 3.18. The number of hydrogen-bond acceptors (Lipinski definition) is 8. The maximum Gasteiger partial charge on any atom is 0.281 e. The number of fused-ring (bicyclic) bond motifs is 2. The molecule has 4 N–H and O–H groups in total. The van der Waals surface area contributed by atoms with E-state index >= 15 is 0 Å². The van der Waals surface area contributed by atoms with Crippen molar-refractivity contribution in [3.8, 4) is 0 Å². The van der Waals surface area contributed by atoms with E-state index < -0.39 is 56.9 Å². The van der Waals surface area contributed by atoms with Gasteiger partial charge in [0.25, 0.3) is 10.1 Å². The third-order valence-electron chi connectivity index (χ3n) is 4.37. The van der Waals surface area contributed by atoms with Gasteiger partial charge >= 0.3 is 0 Å². The summed E-state index contributed by atoms with van der Waals surface area (Å²) in [5.41, 5.74) is -0.777. The van der Waals surface area contributed by atoms with Crippen LogP contribution in [0.1, 0.15) is 38.8 Å². The lowest BCUT2D eigenvalue weighted by molar-refractivity contribution is 0.0978. The SMILES string of the molecule is CC(NS(=O)(=O)c1ccc2c(c1)C(=O)c1cc(S(N)(=O)=O)ccc1C2=O)S(=O)(=O)O. The molecule has 0 saturated carbocycles. The van der Waals surface area contributed by atoms with Crippen LogP contribution in [0.4, 0.5) is 0 Å². The zero-order valence-corrected chi connectivity index (χ0v) is 17.5. The molecule has 14 heteroatoms. The van der Waals surface area contributed by atoms with Gasteiger partial charge in [-0.3, -0.25) is 14.1 Å². The highest BCUT2D eigenvalue weighted by Crippen LogP contribution is 2.30. The number of rotatable bonds is 5. The first-order valence-electron chi connectivity index (χ1n) is 8.02. The van der Waals surface area contributed by atoms with E-state index in [2.05, 4.69) is 0 Å². The Kier molecular flexibility index (Phi) is 5.21. The van der Waals surface area contributed by atoms with E-state index in [-0.39, 0.29) is 22.3 Å². The quantitative estimate of drug-likeness (QED) is 0.413. The van der Waals surface area contributed by atoms with Crippen molar-refractivity contribution in [2.45, 2.75) is 22.1 Å². The lowest BCUT2D eigenvalue weighted by Gasteiger charge is -2.19. The van der Waals surface area contributed by atoms with Crippen LogP contribution in [0.3, 0.4) is 0 Å². The topological polar surface area (TPSA) is 195 Å². The Hall–Kier alpha value is -2.49. The van der Waals surface area contributed by atoms with Gasteiger partial charge in [-0.05, 0) is 43.3 Å². The van der Waals surface area contributed by atoms with Crippen LogP contribution in [-0.2, 0) is 30.2 Å². The number of nitrogens with two attached hydrogens (primary N) is 1. The Bertz CT molecular complexity index is 1430. The van der Waals surface area contributed by atoms with Crippen molar-refractivity contribution < 1.29 is 39.4 Å². The van der Waals surface area contributed by atoms with Gasteiger partial charge in [-0.25, -0.2) is 22.0 Å². The molecular weight excluding hydrogens is 460 g/mol. The molecule has 1 atom stereocenters. The molecule has 0 heterocycles. The minimum Gasteiger partial charge on any atom is -0.289 e. The first-order valence-corrected chi connectivity index (χ1v) is 12.5. The highest BCUT2D eigenvalue weighted by molar-refractivity contribution is 7.91. The van der Waals surface area contributed by atoms with Crippen molar-refractivity contribution in [1.82, 2.24) is 4.72 Å². The predicted molar refractivity (Wildman–Crippen MR) is 102 cm³/mol. The highest BCUT2D eigenvalue weighted by atomic mass is 32.2. The summed E-state index contributed by atoms with van der Waals surface area (Å²) in [6, 6.07) is 6.07. The van der Waals surface area contributed by atoms with Gasteiger partial charge in [0, 0.05) is 22.3 Å². The molecule has 30 heavy (non-hydrogen) atoms. The van der Waals surface area contributed by atoms with E-state index in [1.807, 2.05) is 0 Å². The molecule has 1 aliphatic carbocycles. The van der Waals surface area contributed by atoms with E-state index in [1.54, 1.807) is 4.72 Å². The van der Waals surface area contributed by atoms with Crippen molar-refractivity contribution in [1.29, 1.82) is 0 Å². The van der Waals surface area contributed by atoms with E-state index in [1.165, 1.54) is 0 Å². The molecule has 0 radical (unpaired) electrons. The standard InChI is InChI=1S/C16H14N2O9S3/c1-8(30(25,26)27)18-29(23,24)10-3-5-12-14(7-10)16(20)13-6-9(28(17,21)22)2-4-11(13)15(12)19/h2-8,18H,1H3,(H2,17,21,22)(H,25,26,27). The summed E-state index contributed by atoms with van der Waals surface area (Å²) in [6.07, 6.45) is 0. The van der Waals surface area contributed by atoms with Crippen LogP contribution in [-0.4, -0.2) is 46.7 Å². The highest BCUT2D eigenvalue weighted by Gasteiger charge is 2.33. The summed E-state index contributed by atoms with van der Waals surface area (Å²) < 4.78 is 80.8. The van der Waals surface area contributed by atoms with Gasteiger partial charge in [0.1, 0.15) is 5.37 Å². The maximum atomic E-state index is 12.9. The minimum absolute atomic E-state index is 0.0753. The number of sulfonamides is 2. The molecule has 0 aliphatic heterocycles. The van der Waals surface area contributed by atoms with E-state index in [0.29, 0.717) is 0 Å². The molecule has 3 rings (SSSR count). The smallest absolute Gasteiger partial charge is 0.281 e. The zero-order chi connectivity index (χ0) is 22.6. The number of hydrogen-bond donors (Lipinski definition) is 3. The molecule has 2 aromatic rings. The molecule has 0 saturated heterocycles. The molecule has 2 aromatic carbocycles. The van der Waals surface area contributed by atoms with E-state index in [4.69, 9.17) is 9.69 Å². The number of primary sulfonamides is 1. The second-order valence-electron chi connectivity index (χ2n) is 6.40. The molecule has 0 aromatic heterocycles. The van der Waals surface area contributed by atoms with Crippen molar-refractivity contribution >= 4 is 41.7 Å². The molecule has 160 valence electrons. The summed E-state index contributed by atoms with van der Waals surface area (Å²) in [5.74, 6) is -1.45. The molecule has 0 spiro atoms. The number of benzene rings is 2. The van der Waals surface area contributed by atoms with Crippen LogP contribution in [0.25, 0.3) is 0 Å². The monoisotopic (exact) mass is 474 g/mol. The average Bonchev–Trinajstić information content (AvgIpc) is 2.63. The molecule has 1 aliphatic rings. The fraction of sp³-hybridized carbons (Fsp3) is 0.125. The number of ketones is 2. The van der Waals surface area contributed by atoms with Gasteiger partial charge < -0.3 is 0 Å². The van der Waals surface area contributed by atoms with E-state index in [0.717, 1.165) is 43.3 Å². The average molecular weight is 474 g/mol. The van der Waals surface area contributed by atoms with Crippen LogP contribution in [0, 0.1) is 0 Å². The van der Waals surface area contributed by atoms with Gasteiger partial charge in [0.15, 0.2) is 11.6 Å². The molecule has 11 nitrogen and oxygen atoms in total. The van der Waals surface area contributed by atoms with Gasteiger partial charge in [-0.2, -0.15) is 13.1 Å². The lowest BCUT2D eigenvalue weighted by Crippen LogP contribution is -2.38. The van der Waals surface area contributed by atoms with Crippen molar-refractivity contribution in [2.75, 3.05) is 0 Å². The predicted octanol–water partition coefficient (Wildman–Crippen LogP) is -0.378. The molecule has 0 fully saturated rings. The summed E-state index contributed by atoms with van der Waals surface area (Å²) >= 11 is 0. The third kappa shape index (κ3) is 3.92. The fourth-order valence-electron chi connectivity index (χ4n) is 2.80. The van der Waals surface area contributed by atoms with Crippen LogP contribution >= 0.6 is 0 Å². The number of carbonyl (C=O) groups is 2.